The van der Waals surface area contributed by atoms with Crippen LogP contribution in [0.4, 0.5) is 0 Å². The van der Waals surface area contributed by atoms with Gasteiger partial charge < -0.3 is 4.98 Å². The van der Waals surface area contributed by atoms with E-state index in [4.69, 9.17) is 0 Å². The molecule has 11 heavy (non-hydrogen) atoms. The second-order valence-corrected chi connectivity index (χ2v) is 2.84. The minimum Gasteiger partial charge on any atom is -0.344 e. The van der Waals surface area contributed by atoms with Gasteiger partial charge in [-0.1, -0.05) is 12.2 Å². The van der Waals surface area contributed by atoms with Crippen molar-refractivity contribution in [3.8, 4) is 0 Å². The maximum atomic E-state index is 4.60. The molecule has 6 heteroatoms. The Morgan fingerprint density at radius 1 is 1.91 bits per heavy atom. The summed E-state index contributed by atoms with van der Waals surface area (Å²) in [7, 11) is 0. The Balaban J connectivity index is 2.43. The lowest BCUT2D eigenvalue weighted by molar-refractivity contribution is 1.07. The molecule has 1 heterocycles. The third-order valence-electron chi connectivity index (χ3n) is 0.883. The van der Waals surface area contributed by atoms with Crippen molar-refractivity contribution in [2.75, 3.05) is 0 Å². The number of hydrogen-bond donors (Lipinski definition) is 3. The van der Waals surface area contributed by atoms with E-state index in [2.05, 4.69) is 45.3 Å². The van der Waals surface area contributed by atoms with Gasteiger partial charge in [0.05, 0.1) is 24.4 Å². The molecule has 58 valence electrons. The summed E-state index contributed by atoms with van der Waals surface area (Å²) in [6.45, 7) is 0. The number of H-pyrrole nitrogens is 1. The minimum absolute atomic E-state index is 0.334. The molecule has 0 radical (unpaired) electrons. The van der Waals surface area contributed by atoms with Gasteiger partial charge in [-0.2, -0.15) is 5.10 Å². The number of rotatable bonds is 2. The molecule has 1 rings (SSSR count). The van der Waals surface area contributed by atoms with Crippen molar-refractivity contribution < 1.29 is 0 Å². The maximum Gasteiger partial charge on any atom is 0.150 e. The number of imidazole rings is 1. The molecule has 1 aromatic heterocycles. The van der Waals surface area contributed by atoms with E-state index in [0.717, 1.165) is 5.69 Å². The van der Waals surface area contributed by atoms with E-state index >= 15 is 0 Å². The SMILES string of the molecule is S=C(S)NN=Cc1cnc[nH]1. The molecule has 0 spiro atoms. The van der Waals surface area contributed by atoms with Crippen LogP contribution in [0.5, 0.6) is 0 Å². The Kier molecular flexibility index (Phi) is 3.06. The van der Waals surface area contributed by atoms with Gasteiger partial charge in [-0.3, -0.25) is 5.43 Å². The lowest BCUT2D eigenvalue weighted by Gasteiger charge is -1.90. The van der Waals surface area contributed by atoms with Crippen molar-refractivity contribution >= 4 is 35.4 Å². The van der Waals surface area contributed by atoms with Gasteiger partial charge in [0.25, 0.3) is 0 Å². The van der Waals surface area contributed by atoms with E-state index in [-0.39, 0.29) is 0 Å². The van der Waals surface area contributed by atoms with E-state index < -0.39 is 0 Å². The Morgan fingerprint density at radius 3 is 3.27 bits per heavy atom. The highest BCUT2D eigenvalue weighted by Gasteiger charge is 1.85. The fourth-order valence-electron chi connectivity index (χ4n) is 0.494. The molecule has 4 nitrogen and oxygen atoms in total. The molecule has 2 N–H and O–H groups in total. The molecule has 0 amide bonds. The molecule has 0 aliphatic heterocycles. The normalized spacial score (nSPS) is 10.3. The topological polar surface area (TPSA) is 53.1 Å². The highest BCUT2D eigenvalue weighted by molar-refractivity contribution is 8.11. The van der Waals surface area contributed by atoms with Crippen molar-refractivity contribution in [2.24, 2.45) is 5.10 Å². The zero-order valence-corrected chi connectivity index (χ0v) is 7.19. The molecule has 0 unspecified atom stereocenters. The second-order valence-electron chi connectivity index (χ2n) is 1.68. The summed E-state index contributed by atoms with van der Waals surface area (Å²) < 4.78 is 0.334. The molecule has 0 aliphatic carbocycles. The molecular formula is C5H6N4S2. The van der Waals surface area contributed by atoms with E-state index in [1.165, 1.54) is 0 Å². The Labute approximate surface area is 74.5 Å². The zero-order chi connectivity index (χ0) is 8.10. The predicted octanol–water partition coefficient (Wildman–Crippen LogP) is 0.548. The zero-order valence-electron chi connectivity index (χ0n) is 5.48. The fourth-order valence-corrected chi connectivity index (χ4v) is 0.605. The summed E-state index contributed by atoms with van der Waals surface area (Å²) in [4.78, 5) is 6.64. The predicted molar refractivity (Wildman–Crippen MR) is 50.9 cm³/mol. The molecule has 0 atom stereocenters. The van der Waals surface area contributed by atoms with Gasteiger partial charge in [-0.15, -0.1) is 12.6 Å². The summed E-state index contributed by atoms with van der Waals surface area (Å²) in [6.07, 6.45) is 4.78. The van der Waals surface area contributed by atoms with Crippen LogP contribution in [-0.4, -0.2) is 20.5 Å². The lowest BCUT2D eigenvalue weighted by atomic mass is 10.5. The van der Waals surface area contributed by atoms with Crippen molar-refractivity contribution in [1.82, 2.24) is 15.4 Å². The van der Waals surface area contributed by atoms with Gasteiger partial charge in [0, 0.05) is 0 Å². The van der Waals surface area contributed by atoms with Crippen LogP contribution in [0.25, 0.3) is 0 Å². The quantitative estimate of drug-likeness (QED) is 0.273. The molecule has 0 saturated carbocycles. The third kappa shape index (κ3) is 3.15. The average Bonchev–Trinajstić information content (AvgIpc) is 2.39. The molecule has 1 aromatic rings. The summed E-state index contributed by atoms with van der Waals surface area (Å²) in [6, 6.07) is 0. The first-order chi connectivity index (χ1) is 5.29. The fraction of sp³-hybridized carbons (Fsp3) is 0. The standard InChI is InChI=1S/C5H6N4S2/c10-5(11)9-8-2-4-1-6-3-7-4/h1-3H,(H,6,7)(H2,9,10,11). The van der Waals surface area contributed by atoms with E-state index in [9.17, 15) is 0 Å². The summed E-state index contributed by atoms with van der Waals surface area (Å²) in [5.74, 6) is 0. The molecule has 0 fully saturated rings. The van der Waals surface area contributed by atoms with Crippen LogP contribution in [-0.2, 0) is 0 Å². The van der Waals surface area contributed by atoms with E-state index in [0.29, 0.717) is 4.32 Å². The highest BCUT2D eigenvalue weighted by Crippen LogP contribution is 1.84. The first kappa shape index (κ1) is 8.22. The summed E-state index contributed by atoms with van der Waals surface area (Å²) in [5, 5.41) is 3.75. The van der Waals surface area contributed by atoms with Gasteiger partial charge in [0.1, 0.15) is 0 Å². The van der Waals surface area contributed by atoms with E-state index in [1.807, 2.05) is 0 Å². The number of thiocarbonyl (C=S) groups is 1. The number of nitrogens with one attached hydrogen (secondary N) is 2. The number of hydrogen-bond acceptors (Lipinski definition) is 3. The Morgan fingerprint density at radius 2 is 2.73 bits per heavy atom. The summed E-state index contributed by atoms with van der Waals surface area (Å²) >= 11 is 8.41. The van der Waals surface area contributed by atoms with Gasteiger partial charge in [0.15, 0.2) is 4.32 Å². The van der Waals surface area contributed by atoms with Crippen molar-refractivity contribution in [2.45, 2.75) is 0 Å². The number of aromatic nitrogens is 2. The van der Waals surface area contributed by atoms with Gasteiger partial charge in [-0.05, 0) is 0 Å². The number of thiol groups is 1. The molecule has 0 aliphatic rings. The monoisotopic (exact) mass is 186 g/mol. The highest BCUT2D eigenvalue weighted by atomic mass is 32.1. The van der Waals surface area contributed by atoms with E-state index in [1.54, 1.807) is 18.7 Å². The molecule has 0 saturated heterocycles. The van der Waals surface area contributed by atoms with Crippen LogP contribution in [0.3, 0.4) is 0 Å². The van der Waals surface area contributed by atoms with Crippen molar-refractivity contribution in [3.05, 3.63) is 18.2 Å². The molecule has 0 aromatic carbocycles. The molecule has 0 bridgehead atoms. The Hall–Kier alpha value is -0.880. The van der Waals surface area contributed by atoms with Crippen LogP contribution in [0.15, 0.2) is 17.6 Å². The van der Waals surface area contributed by atoms with Crippen LogP contribution < -0.4 is 5.43 Å². The van der Waals surface area contributed by atoms with Crippen LogP contribution in [0.2, 0.25) is 0 Å². The van der Waals surface area contributed by atoms with Crippen molar-refractivity contribution in [1.29, 1.82) is 0 Å². The number of hydrazone groups is 1. The third-order valence-corrected chi connectivity index (χ3v) is 1.07. The summed E-state index contributed by atoms with van der Waals surface area (Å²) in [5.41, 5.74) is 3.31. The second kappa shape index (κ2) is 4.09. The van der Waals surface area contributed by atoms with Crippen LogP contribution in [0, 0.1) is 0 Å². The number of aromatic amines is 1. The van der Waals surface area contributed by atoms with Crippen LogP contribution in [0.1, 0.15) is 5.69 Å². The lowest BCUT2D eigenvalue weighted by Crippen LogP contribution is -2.07. The van der Waals surface area contributed by atoms with Gasteiger partial charge in [0.2, 0.25) is 0 Å². The Bertz CT molecular complexity index is 253. The van der Waals surface area contributed by atoms with Crippen LogP contribution >= 0.6 is 24.8 Å². The smallest absolute Gasteiger partial charge is 0.150 e. The maximum absolute atomic E-state index is 4.60. The molecular weight excluding hydrogens is 180 g/mol. The number of nitrogens with zero attached hydrogens (tertiary/aromatic N) is 2. The minimum atomic E-state index is 0.334. The average molecular weight is 186 g/mol. The first-order valence-electron chi connectivity index (χ1n) is 2.79. The van der Waals surface area contributed by atoms with Gasteiger partial charge in [-0.25, -0.2) is 4.98 Å². The van der Waals surface area contributed by atoms with Gasteiger partial charge >= 0.3 is 0 Å². The largest absolute Gasteiger partial charge is 0.344 e. The first-order valence-corrected chi connectivity index (χ1v) is 3.65. The van der Waals surface area contributed by atoms with Crippen molar-refractivity contribution in [3.63, 3.8) is 0 Å².